The lowest BCUT2D eigenvalue weighted by molar-refractivity contribution is 0.0936. The van der Waals surface area contributed by atoms with Crippen molar-refractivity contribution in [1.29, 1.82) is 0 Å². The summed E-state index contributed by atoms with van der Waals surface area (Å²) in [4.78, 5) is 2.66. The fourth-order valence-electron chi connectivity index (χ4n) is 3.97. The third-order valence-electron chi connectivity index (χ3n) is 5.70. The Morgan fingerprint density at radius 1 is 1.17 bits per heavy atom. The van der Waals surface area contributed by atoms with E-state index < -0.39 is 0 Å². The molecule has 0 bridgehead atoms. The molecule has 0 aromatic carbocycles. The van der Waals surface area contributed by atoms with Crippen LogP contribution >= 0.6 is 0 Å². The summed E-state index contributed by atoms with van der Waals surface area (Å²) in [5, 5.41) is 0. The van der Waals surface area contributed by atoms with E-state index in [9.17, 15) is 0 Å². The summed E-state index contributed by atoms with van der Waals surface area (Å²) in [6, 6.07) is 0.362. The zero-order valence-electron chi connectivity index (χ0n) is 12.5. The summed E-state index contributed by atoms with van der Waals surface area (Å²) >= 11 is 0. The maximum absolute atomic E-state index is 6.58. The first-order valence-corrected chi connectivity index (χ1v) is 8.17. The predicted octanol–water partition coefficient (Wildman–Crippen LogP) is 3.55. The highest BCUT2D eigenvalue weighted by atomic mass is 15.2. The molecule has 1 saturated heterocycles. The molecule has 2 heteroatoms. The molecular weight excluding hydrogens is 220 g/mol. The molecule has 2 nitrogen and oxygen atoms in total. The highest BCUT2D eigenvalue weighted by molar-refractivity contribution is 4.96. The fourth-order valence-corrected chi connectivity index (χ4v) is 3.97. The Balaban J connectivity index is 1.85. The molecule has 106 valence electrons. The monoisotopic (exact) mass is 252 g/mol. The molecule has 2 aliphatic rings. The normalized spacial score (nSPS) is 27.5. The average Bonchev–Trinajstić information content (AvgIpc) is 3.07. The summed E-state index contributed by atoms with van der Waals surface area (Å²) in [5.74, 6) is 0.982. The number of hydrogen-bond acceptors (Lipinski definition) is 2. The molecule has 18 heavy (non-hydrogen) atoms. The van der Waals surface area contributed by atoms with Crippen LogP contribution in [0.2, 0.25) is 0 Å². The van der Waals surface area contributed by atoms with Gasteiger partial charge < -0.3 is 5.73 Å². The summed E-state index contributed by atoms with van der Waals surface area (Å²) in [6.45, 7) is 7.24. The first-order chi connectivity index (χ1) is 8.66. The van der Waals surface area contributed by atoms with E-state index >= 15 is 0 Å². The molecule has 1 saturated carbocycles. The highest BCUT2D eigenvalue weighted by Crippen LogP contribution is 2.33. The van der Waals surface area contributed by atoms with E-state index in [2.05, 4.69) is 18.7 Å². The topological polar surface area (TPSA) is 29.3 Å². The molecule has 1 aliphatic carbocycles. The summed E-state index contributed by atoms with van der Waals surface area (Å²) in [7, 11) is 0. The van der Waals surface area contributed by atoms with E-state index in [0.29, 0.717) is 6.04 Å². The van der Waals surface area contributed by atoms with Crippen LogP contribution in [0, 0.1) is 5.92 Å². The summed E-state index contributed by atoms with van der Waals surface area (Å²) in [6.07, 6.45) is 12.3. The van der Waals surface area contributed by atoms with E-state index in [-0.39, 0.29) is 5.54 Å². The van der Waals surface area contributed by atoms with Crippen LogP contribution in [0.25, 0.3) is 0 Å². The molecule has 1 heterocycles. The van der Waals surface area contributed by atoms with Crippen molar-refractivity contribution in [2.24, 2.45) is 11.7 Å². The number of hydrogen-bond donors (Lipinski definition) is 1. The van der Waals surface area contributed by atoms with Gasteiger partial charge in [-0.05, 0) is 58.0 Å². The maximum Gasteiger partial charge on any atom is 0.0329 e. The van der Waals surface area contributed by atoms with Crippen LogP contribution in [-0.4, -0.2) is 29.6 Å². The molecule has 2 rings (SSSR count). The minimum absolute atomic E-state index is 0.245. The van der Waals surface area contributed by atoms with E-state index in [4.69, 9.17) is 5.73 Å². The zero-order chi connectivity index (χ0) is 13.0. The number of nitrogens with two attached hydrogens (primary N) is 1. The molecule has 0 aromatic heterocycles. The first kappa shape index (κ1) is 14.3. The zero-order valence-corrected chi connectivity index (χ0v) is 12.5. The summed E-state index contributed by atoms with van der Waals surface area (Å²) < 4.78 is 0. The van der Waals surface area contributed by atoms with Crippen molar-refractivity contribution in [1.82, 2.24) is 4.90 Å². The predicted molar refractivity (Wildman–Crippen MR) is 78.7 cm³/mol. The number of rotatable bonds is 6. The van der Waals surface area contributed by atoms with Gasteiger partial charge in [-0.15, -0.1) is 0 Å². The third kappa shape index (κ3) is 3.08. The number of nitrogens with zero attached hydrogens (tertiary/aromatic N) is 1. The third-order valence-corrected chi connectivity index (χ3v) is 5.70. The number of likely N-dealkylation sites (tertiary alicyclic amines) is 1. The van der Waals surface area contributed by atoms with Crippen molar-refractivity contribution in [2.45, 2.75) is 83.2 Å². The lowest BCUT2D eigenvalue weighted by atomic mass is 9.83. The Bertz CT molecular complexity index is 241. The molecule has 2 atom stereocenters. The van der Waals surface area contributed by atoms with E-state index in [0.717, 1.165) is 5.92 Å². The molecule has 0 radical (unpaired) electrons. The van der Waals surface area contributed by atoms with E-state index in [1.165, 1.54) is 70.9 Å². The molecule has 2 fully saturated rings. The molecule has 1 aliphatic heterocycles. The Labute approximate surface area is 113 Å². The molecule has 2 N–H and O–H groups in total. The average molecular weight is 252 g/mol. The van der Waals surface area contributed by atoms with Gasteiger partial charge >= 0.3 is 0 Å². The molecule has 0 aromatic rings. The smallest absolute Gasteiger partial charge is 0.0329 e. The van der Waals surface area contributed by atoms with Gasteiger partial charge in [-0.2, -0.15) is 0 Å². The van der Waals surface area contributed by atoms with Crippen LogP contribution in [0.15, 0.2) is 0 Å². The lowest BCUT2D eigenvalue weighted by Crippen LogP contribution is -2.56. The highest BCUT2D eigenvalue weighted by Gasteiger charge is 2.37. The Morgan fingerprint density at radius 2 is 1.78 bits per heavy atom. The van der Waals surface area contributed by atoms with Crippen molar-refractivity contribution in [2.75, 3.05) is 13.1 Å². The van der Waals surface area contributed by atoms with Crippen LogP contribution in [0.4, 0.5) is 0 Å². The SMILES string of the molecule is CCC(C)(C(N)CCC1CCCC1)N1CCCC1. The van der Waals surface area contributed by atoms with E-state index in [1.54, 1.807) is 0 Å². The van der Waals surface area contributed by atoms with Crippen molar-refractivity contribution in [3.8, 4) is 0 Å². The van der Waals surface area contributed by atoms with Crippen molar-refractivity contribution in [3.63, 3.8) is 0 Å². The maximum atomic E-state index is 6.58. The van der Waals surface area contributed by atoms with Crippen LogP contribution in [-0.2, 0) is 0 Å². The van der Waals surface area contributed by atoms with Crippen molar-refractivity contribution >= 4 is 0 Å². The van der Waals surface area contributed by atoms with Gasteiger partial charge in [-0.25, -0.2) is 0 Å². The largest absolute Gasteiger partial charge is 0.326 e. The molecule has 2 unspecified atom stereocenters. The van der Waals surface area contributed by atoms with Gasteiger partial charge in [-0.1, -0.05) is 32.6 Å². The standard InChI is InChI=1S/C16H32N2/c1-3-16(2,18-12-6-7-13-18)15(17)11-10-14-8-4-5-9-14/h14-15H,3-13,17H2,1-2H3. The Morgan fingerprint density at radius 3 is 2.33 bits per heavy atom. The Kier molecular flexibility index (Phi) is 5.08. The second kappa shape index (κ2) is 6.38. The van der Waals surface area contributed by atoms with Gasteiger partial charge in [0.05, 0.1) is 0 Å². The van der Waals surface area contributed by atoms with Crippen LogP contribution in [0.3, 0.4) is 0 Å². The van der Waals surface area contributed by atoms with Crippen molar-refractivity contribution < 1.29 is 0 Å². The van der Waals surface area contributed by atoms with Gasteiger partial charge in [0.2, 0.25) is 0 Å². The van der Waals surface area contributed by atoms with Gasteiger partial charge in [0, 0.05) is 11.6 Å². The van der Waals surface area contributed by atoms with Crippen LogP contribution in [0.1, 0.15) is 71.6 Å². The lowest BCUT2D eigenvalue weighted by Gasteiger charge is -2.43. The first-order valence-electron chi connectivity index (χ1n) is 8.17. The van der Waals surface area contributed by atoms with Gasteiger partial charge in [0.25, 0.3) is 0 Å². The summed E-state index contributed by atoms with van der Waals surface area (Å²) in [5.41, 5.74) is 6.82. The second-order valence-corrected chi connectivity index (χ2v) is 6.74. The fraction of sp³-hybridized carbons (Fsp3) is 1.00. The molecule has 0 spiro atoms. The molecular formula is C16H32N2. The minimum Gasteiger partial charge on any atom is -0.326 e. The quantitative estimate of drug-likeness (QED) is 0.783. The van der Waals surface area contributed by atoms with Crippen LogP contribution in [0.5, 0.6) is 0 Å². The van der Waals surface area contributed by atoms with Gasteiger partial charge in [-0.3, -0.25) is 4.90 Å². The second-order valence-electron chi connectivity index (χ2n) is 6.74. The minimum atomic E-state index is 0.245. The van der Waals surface area contributed by atoms with Gasteiger partial charge in [0.15, 0.2) is 0 Å². The van der Waals surface area contributed by atoms with E-state index in [1.807, 2.05) is 0 Å². The van der Waals surface area contributed by atoms with Crippen LogP contribution < -0.4 is 5.73 Å². The molecule has 0 amide bonds. The van der Waals surface area contributed by atoms with Gasteiger partial charge in [0.1, 0.15) is 0 Å². The van der Waals surface area contributed by atoms with Crippen molar-refractivity contribution in [3.05, 3.63) is 0 Å². The Hall–Kier alpha value is -0.0800.